The molecular formula is C18H15F2N3O2. The topological polar surface area (TPSA) is 48.7 Å². The Labute approximate surface area is 142 Å². The van der Waals surface area contributed by atoms with E-state index in [1.54, 1.807) is 4.40 Å². The summed E-state index contributed by atoms with van der Waals surface area (Å²) in [6.45, 7) is 2.19. The number of benzene rings is 1. The van der Waals surface area contributed by atoms with Crippen molar-refractivity contribution < 1.29 is 18.3 Å². The molecule has 0 saturated heterocycles. The number of alkyl halides is 2. The van der Waals surface area contributed by atoms with Crippen molar-refractivity contribution in [3.63, 3.8) is 0 Å². The van der Waals surface area contributed by atoms with Crippen molar-refractivity contribution in [1.29, 1.82) is 0 Å². The number of hydrogen-bond acceptors (Lipinski definition) is 4. The number of aryl methyl sites for hydroxylation is 1. The van der Waals surface area contributed by atoms with Gasteiger partial charge in [-0.05, 0) is 36.2 Å². The molecule has 3 aromatic rings. The zero-order valence-electron chi connectivity index (χ0n) is 13.5. The lowest BCUT2D eigenvalue weighted by Crippen LogP contribution is -2.02. The van der Waals surface area contributed by atoms with Gasteiger partial charge in [-0.15, -0.1) is 10.2 Å². The molecule has 25 heavy (non-hydrogen) atoms. The Morgan fingerprint density at radius 3 is 2.80 bits per heavy atom. The van der Waals surface area contributed by atoms with E-state index in [1.807, 2.05) is 37.4 Å². The van der Waals surface area contributed by atoms with Gasteiger partial charge in [0.15, 0.2) is 17.1 Å². The van der Waals surface area contributed by atoms with Crippen LogP contribution in [-0.4, -0.2) is 27.3 Å². The van der Waals surface area contributed by atoms with Gasteiger partial charge in [-0.2, -0.15) is 0 Å². The molecule has 0 spiro atoms. The van der Waals surface area contributed by atoms with Gasteiger partial charge in [0.25, 0.3) is 5.92 Å². The summed E-state index contributed by atoms with van der Waals surface area (Å²) in [6.07, 6.45) is 2.03. The molecule has 1 aliphatic heterocycles. The highest BCUT2D eigenvalue weighted by Crippen LogP contribution is 2.50. The maximum atomic E-state index is 13.2. The highest BCUT2D eigenvalue weighted by Gasteiger charge is 2.56. The van der Waals surface area contributed by atoms with Crippen molar-refractivity contribution in [1.82, 2.24) is 14.6 Å². The van der Waals surface area contributed by atoms with Gasteiger partial charge in [-0.25, -0.2) is 8.78 Å². The zero-order valence-corrected chi connectivity index (χ0v) is 13.5. The van der Waals surface area contributed by atoms with E-state index in [2.05, 4.69) is 10.2 Å². The van der Waals surface area contributed by atoms with E-state index in [9.17, 15) is 8.78 Å². The minimum absolute atomic E-state index is 0.0593. The molecule has 1 atom stereocenters. The molecule has 1 fully saturated rings. The van der Waals surface area contributed by atoms with E-state index >= 15 is 0 Å². The van der Waals surface area contributed by atoms with E-state index in [1.165, 1.54) is 0 Å². The first-order valence-electron chi connectivity index (χ1n) is 8.14. The molecule has 1 unspecified atom stereocenters. The molecule has 1 aliphatic carbocycles. The van der Waals surface area contributed by atoms with Crippen molar-refractivity contribution in [3.05, 3.63) is 41.9 Å². The third kappa shape index (κ3) is 2.26. The molecule has 5 rings (SSSR count). The Morgan fingerprint density at radius 1 is 1.20 bits per heavy atom. The summed E-state index contributed by atoms with van der Waals surface area (Å²) in [5, 5.41) is 8.35. The third-order valence-electron chi connectivity index (χ3n) is 4.96. The van der Waals surface area contributed by atoms with E-state index in [0.717, 1.165) is 28.2 Å². The molecule has 5 nitrogen and oxygen atoms in total. The fourth-order valence-electron chi connectivity index (χ4n) is 3.36. The van der Waals surface area contributed by atoms with E-state index in [0.29, 0.717) is 11.5 Å². The standard InChI is InChI=1S/C18H15F2N3O2/c1-10-13(11-2-3-14-15(6-11)25-9-24-14)4-5-23-16(21-22-17(10)23)7-12-8-18(12,19)20/h2-6,12H,7-9H2,1H3. The van der Waals surface area contributed by atoms with Crippen molar-refractivity contribution in [2.75, 3.05) is 6.79 Å². The molecule has 128 valence electrons. The summed E-state index contributed by atoms with van der Waals surface area (Å²) in [5.41, 5.74) is 3.63. The Hall–Kier alpha value is -2.70. The number of fused-ring (bicyclic) bond motifs is 2. The normalized spacial score (nSPS) is 20.2. The van der Waals surface area contributed by atoms with E-state index in [-0.39, 0.29) is 19.6 Å². The second-order valence-corrected chi connectivity index (χ2v) is 6.60. The van der Waals surface area contributed by atoms with Gasteiger partial charge in [-0.1, -0.05) is 6.07 Å². The average Bonchev–Trinajstić information content (AvgIpc) is 2.98. The van der Waals surface area contributed by atoms with Crippen LogP contribution in [0.1, 0.15) is 17.8 Å². The van der Waals surface area contributed by atoms with Crippen LogP contribution in [0.3, 0.4) is 0 Å². The SMILES string of the molecule is Cc1c(-c2ccc3c(c2)OCO3)ccn2c(CC3CC3(F)F)nnc12. The van der Waals surface area contributed by atoms with Gasteiger partial charge in [-0.3, -0.25) is 4.40 Å². The van der Waals surface area contributed by atoms with Crippen molar-refractivity contribution in [2.45, 2.75) is 25.7 Å². The molecule has 0 amide bonds. The summed E-state index contributed by atoms with van der Waals surface area (Å²) >= 11 is 0. The Balaban J connectivity index is 1.54. The minimum atomic E-state index is -2.55. The van der Waals surface area contributed by atoms with Crippen LogP contribution in [0.2, 0.25) is 0 Å². The van der Waals surface area contributed by atoms with Crippen LogP contribution in [0.15, 0.2) is 30.5 Å². The Kier molecular flexibility index (Phi) is 2.87. The van der Waals surface area contributed by atoms with Gasteiger partial charge >= 0.3 is 0 Å². The molecule has 0 N–H and O–H groups in total. The quantitative estimate of drug-likeness (QED) is 0.729. The number of rotatable bonds is 3. The smallest absolute Gasteiger partial charge is 0.252 e. The van der Waals surface area contributed by atoms with Crippen LogP contribution in [0, 0.1) is 12.8 Å². The number of halogens is 2. The summed E-state index contributed by atoms with van der Waals surface area (Å²) < 4.78 is 38.9. The molecule has 3 heterocycles. The van der Waals surface area contributed by atoms with Crippen LogP contribution in [0.25, 0.3) is 16.8 Å². The largest absolute Gasteiger partial charge is 0.454 e. The molecule has 7 heteroatoms. The summed E-state index contributed by atoms with van der Waals surface area (Å²) in [4.78, 5) is 0. The number of aromatic nitrogens is 3. The minimum Gasteiger partial charge on any atom is -0.454 e. The highest BCUT2D eigenvalue weighted by atomic mass is 19.3. The van der Waals surface area contributed by atoms with Gasteiger partial charge in [0.2, 0.25) is 6.79 Å². The van der Waals surface area contributed by atoms with Gasteiger partial charge in [0.05, 0.1) is 0 Å². The van der Waals surface area contributed by atoms with E-state index in [4.69, 9.17) is 9.47 Å². The lowest BCUT2D eigenvalue weighted by Gasteiger charge is -2.09. The lowest BCUT2D eigenvalue weighted by molar-refractivity contribution is 0.0984. The Morgan fingerprint density at radius 2 is 2.00 bits per heavy atom. The van der Waals surface area contributed by atoms with Gasteiger partial charge in [0.1, 0.15) is 5.82 Å². The van der Waals surface area contributed by atoms with Gasteiger partial charge in [0, 0.05) is 30.5 Å². The van der Waals surface area contributed by atoms with Crippen LogP contribution in [0.4, 0.5) is 8.78 Å². The van der Waals surface area contributed by atoms with Crippen molar-refractivity contribution >= 4 is 5.65 Å². The fraction of sp³-hybridized carbons (Fsp3) is 0.333. The zero-order chi connectivity index (χ0) is 17.2. The van der Waals surface area contributed by atoms with Crippen LogP contribution >= 0.6 is 0 Å². The van der Waals surface area contributed by atoms with Crippen molar-refractivity contribution in [2.24, 2.45) is 5.92 Å². The fourth-order valence-corrected chi connectivity index (χ4v) is 3.36. The highest BCUT2D eigenvalue weighted by molar-refractivity contribution is 5.75. The molecule has 2 aromatic heterocycles. The molecule has 0 radical (unpaired) electrons. The number of pyridine rings is 1. The van der Waals surface area contributed by atoms with Crippen molar-refractivity contribution in [3.8, 4) is 22.6 Å². The first-order chi connectivity index (χ1) is 12.0. The molecular weight excluding hydrogens is 328 g/mol. The molecule has 1 aromatic carbocycles. The van der Waals surface area contributed by atoms with Crippen LogP contribution in [0.5, 0.6) is 11.5 Å². The van der Waals surface area contributed by atoms with Crippen LogP contribution < -0.4 is 9.47 Å². The van der Waals surface area contributed by atoms with Crippen LogP contribution in [-0.2, 0) is 6.42 Å². The summed E-state index contributed by atoms with van der Waals surface area (Å²) in [6, 6.07) is 7.74. The third-order valence-corrected chi connectivity index (χ3v) is 4.96. The summed E-state index contributed by atoms with van der Waals surface area (Å²) in [5.74, 6) is -1.13. The first kappa shape index (κ1) is 14.6. The first-order valence-corrected chi connectivity index (χ1v) is 8.14. The maximum absolute atomic E-state index is 13.2. The monoisotopic (exact) mass is 343 g/mol. The number of hydrogen-bond donors (Lipinski definition) is 0. The Bertz CT molecular complexity index is 999. The molecule has 2 aliphatic rings. The molecule has 1 saturated carbocycles. The predicted octanol–water partition coefficient (Wildman–Crippen LogP) is 3.63. The second-order valence-electron chi connectivity index (χ2n) is 6.60. The van der Waals surface area contributed by atoms with E-state index < -0.39 is 11.8 Å². The summed E-state index contributed by atoms with van der Waals surface area (Å²) in [7, 11) is 0. The maximum Gasteiger partial charge on any atom is 0.252 e. The van der Waals surface area contributed by atoms with Gasteiger partial charge < -0.3 is 9.47 Å². The second kappa shape index (κ2) is 4.91. The average molecular weight is 343 g/mol. The lowest BCUT2D eigenvalue weighted by atomic mass is 10.0. The number of nitrogens with zero attached hydrogens (tertiary/aromatic N) is 3. The predicted molar refractivity (Wildman–Crippen MR) is 86.0 cm³/mol. The molecule has 0 bridgehead atoms. The number of ether oxygens (including phenoxy) is 2.